The lowest BCUT2D eigenvalue weighted by molar-refractivity contribution is -0.135. The van der Waals surface area contributed by atoms with Gasteiger partial charge in [0.25, 0.3) is 0 Å². The van der Waals surface area contributed by atoms with E-state index in [9.17, 15) is 14.4 Å². The second-order valence-electron chi connectivity index (χ2n) is 7.09. The van der Waals surface area contributed by atoms with Crippen LogP contribution in [0.15, 0.2) is 60.7 Å². The van der Waals surface area contributed by atoms with E-state index in [4.69, 9.17) is 0 Å². The Kier molecular flexibility index (Phi) is 6.36. The third kappa shape index (κ3) is 6.06. The second-order valence-corrected chi connectivity index (χ2v) is 7.09. The number of benzene rings is 2. The standard InChI is InChI=1S/C22H24N2O3/c25-20(13-18-14-21(26)24-22(27)15-18)23-19(11-16-7-3-1-4-8-16)12-17-9-5-2-6-10-17/h1-10,18-19H,11-15H2,(H,23,25)(H,24,26,27). The van der Waals surface area contributed by atoms with Crippen LogP contribution in [0.2, 0.25) is 0 Å². The third-order valence-corrected chi connectivity index (χ3v) is 4.72. The van der Waals surface area contributed by atoms with E-state index in [1.165, 1.54) is 0 Å². The van der Waals surface area contributed by atoms with Crippen molar-refractivity contribution in [3.8, 4) is 0 Å². The molecule has 1 saturated heterocycles. The van der Waals surface area contributed by atoms with Gasteiger partial charge in [-0.3, -0.25) is 19.7 Å². The van der Waals surface area contributed by atoms with Crippen molar-refractivity contribution in [1.29, 1.82) is 0 Å². The van der Waals surface area contributed by atoms with Crippen LogP contribution < -0.4 is 10.6 Å². The fourth-order valence-electron chi connectivity index (χ4n) is 3.52. The average Bonchev–Trinajstić information content (AvgIpc) is 2.62. The van der Waals surface area contributed by atoms with Crippen molar-refractivity contribution in [2.24, 2.45) is 5.92 Å². The Morgan fingerprint density at radius 3 is 1.85 bits per heavy atom. The minimum Gasteiger partial charge on any atom is -0.353 e. The number of carbonyl (C=O) groups is 3. The molecule has 5 heteroatoms. The molecule has 0 atom stereocenters. The monoisotopic (exact) mass is 364 g/mol. The van der Waals surface area contributed by atoms with Gasteiger partial charge in [-0.1, -0.05) is 60.7 Å². The topological polar surface area (TPSA) is 75.3 Å². The highest BCUT2D eigenvalue weighted by molar-refractivity contribution is 5.98. The van der Waals surface area contributed by atoms with E-state index in [1.807, 2.05) is 60.7 Å². The lowest BCUT2D eigenvalue weighted by Crippen LogP contribution is -2.42. The lowest BCUT2D eigenvalue weighted by Gasteiger charge is -2.23. The Morgan fingerprint density at radius 2 is 1.37 bits per heavy atom. The molecule has 1 heterocycles. The van der Waals surface area contributed by atoms with Gasteiger partial charge >= 0.3 is 0 Å². The van der Waals surface area contributed by atoms with Crippen molar-refractivity contribution < 1.29 is 14.4 Å². The van der Waals surface area contributed by atoms with Gasteiger partial charge in [0.05, 0.1) is 0 Å². The fraction of sp³-hybridized carbons (Fsp3) is 0.318. The van der Waals surface area contributed by atoms with Crippen LogP contribution >= 0.6 is 0 Å². The van der Waals surface area contributed by atoms with E-state index in [-0.39, 0.29) is 48.9 Å². The summed E-state index contributed by atoms with van der Waals surface area (Å²) in [5.74, 6) is -0.928. The first-order valence-electron chi connectivity index (χ1n) is 9.28. The van der Waals surface area contributed by atoms with E-state index < -0.39 is 0 Å². The summed E-state index contributed by atoms with van der Waals surface area (Å²) in [5.41, 5.74) is 2.32. The number of rotatable bonds is 7. The fourth-order valence-corrected chi connectivity index (χ4v) is 3.52. The van der Waals surface area contributed by atoms with Crippen molar-refractivity contribution in [1.82, 2.24) is 10.6 Å². The van der Waals surface area contributed by atoms with Gasteiger partial charge in [-0.15, -0.1) is 0 Å². The highest BCUT2D eigenvalue weighted by Crippen LogP contribution is 2.18. The Morgan fingerprint density at radius 1 is 0.889 bits per heavy atom. The maximum Gasteiger partial charge on any atom is 0.226 e. The van der Waals surface area contributed by atoms with Crippen LogP contribution in [-0.4, -0.2) is 23.8 Å². The lowest BCUT2D eigenvalue weighted by atomic mass is 9.92. The van der Waals surface area contributed by atoms with E-state index in [1.54, 1.807) is 0 Å². The van der Waals surface area contributed by atoms with E-state index in [0.717, 1.165) is 24.0 Å². The summed E-state index contributed by atoms with van der Waals surface area (Å²) in [6.45, 7) is 0. The molecule has 0 radical (unpaired) electrons. The van der Waals surface area contributed by atoms with Crippen LogP contribution in [0.3, 0.4) is 0 Å². The molecule has 2 aromatic rings. The molecular formula is C22H24N2O3. The first-order valence-corrected chi connectivity index (χ1v) is 9.28. The molecule has 0 saturated carbocycles. The van der Waals surface area contributed by atoms with Crippen molar-refractivity contribution in [2.75, 3.05) is 0 Å². The van der Waals surface area contributed by atoms with E-state index >= 15 is 0 Å². The molecule has 5 nitrogen and oxygen atoms in total. The number of nitrogens with one attached hydrogen (secondary N) is 2. The van der Waals surface area contributed by atoms with Crippen LogP contribution in [0.25, 0.3) is 0 Å². The predicted molar refractivity (Wildman–Crippen MR) is 103 cm³/mol. The van der Waals surface area contributed by atoms with E-state index in [0.29, 0.717) is 0 Å². The zero-order valence-electron chi connectivity index (χ0n) is 15.2. The molecule has 27 heavy (non-hydrogen) atoms. The molecule has 3 rings (SSSR count). The van der Waals surface area contributed by atoms with Gasteiger partial charge in [-0.25, -0.2) is 0 Å². The Balaban J connectivity index is 1.63. The number of amides is 3. The largest absolute Gasteiger partial charge is 0.353 e. The van der Waals surface area contributed by atoms with Gasteiger partial charge in [-0.05, 0) is 29.9 Å². The van der Waals surface area contributed by atoms with Gasteiger partial charge in [0, 0.05) is 25.3 Å². The number of hydrogen-bond acceptors (Lipinski definition) is 3. The summed E-state index contributed by atoms with van der Waals surface area (Å²) in [7, 11) is 0. The van der Waals surface area contributed by atoms with Gasteiger partial charge in [0.2, 0.25) is 17.7 Å². The zero-order chi connectivity index (χ0) is 19.1. The SMILES string of the molecule is O=C1CC(CC(=O)NC(Cc2ccccc2)Cc2ccccc2)CC(=O)N1. The van der Waals surface area contributed by atoms with Crippen molar-refractivity contribution >= 4 is 17.7 Å². The highest BCUT2D eigenvalue weighted by Gasteiger charge is 2.27. The van der Waals surface area contributed by atoms with Crippen LogP contribution in [-0.2, 0) is 27.2 Å². The molecule has 0 spiro atoms. The van der Waals surface area contributed by atoms with Crippen LogP contribution in [0.4, 0.5) is 0 Å². The molecule has 0 aliphatic carbocycles. The molecule has 1 aliphatic rings. The quantitative estimate of drug-likeness (QED) is 0.741. The van der Waals surface area contributed by atoms with E-state index in [2.05, 4.69) is 10.6 Å². The van der Waals surface area contributed by atoms with Crippen molar-refractivity contribution in [3.05, 3.63) is 71.8 Å². The van der Waals surface area contributed by atoms with Crippen molar-refractivity contribution in [3.63, 3.8) is 0 Å². The van der Waals surface area contributed by atoms with Crippen LogP contribution in [0.5, 0.6) is 0 Å². The summed E-state index contributed by atoms with van der Waals surface area (Å²) < 4.78 is 0. The minimum absolute atomic E-state index is 0.0459. The summed E-state index contributed by atoms with van der Waals surface area (Å²) in [6, 6.07) is 20.1. The first-order chi connectivity index (χ1) is 13.1. The van der Waals surface area contributed by atoms with Crippen LogP contribution in [0, 0.1) is 5.92 Å². The Hall–Kier alpha value is -2.95. The average molecular weight is 364 g/mol. The summed E-state index contributed by atoms with van der Waals surface area (Å²) in [4.78, 5) is 35.6. The molecule has 0 unspecified atom stereocenters. The Bertz CT molecular complexity index is 732. The number of imide groups is 1. The molecule has 2 aromatic carbocycles. The Labute approximate surface area is 159 Å². The molecular weight excluding hydrogens is 340 g/mol. The summed E-state index contributed by atoms with van der Waals surface area (Å²) in [5, 5.41) is 5.39. The van der Waals surface area contributed by atoms with Gasteiger partial charge in [0.15, 0.2) is 0 Å². The molecule has 2 N–H and O–H groups in total. The summed E-state index contributed by atoms with van der Waals surface area (Å²) in [6.07, 6.45) is 2.10. The molecule has 0 aromatic heterocycles. The molecule has 140 valence electrons. The molecule has 1 fully saturated rings. The normalized spacial score (nSPS) is 14.9. The van der Waals surface area contributed by atoms with Gasteiger partial charge in [0.1, 0.15) is 0 Å². The third-order valence-electron chi connectivity index (χ3n) is 4.72. The predicted octanol–water partition coefficient (Wildman–Crippen LogP) is 2.40. The van der Waals surface area contributed by atoms with Crippen LogP contribution in [0.1, 0.15) is 30.4 Å². The maximum atomic E-state index is 12.6. The van der Waals surface area contributed by atoms with Crippen molar-refractivity contribution in [2.45, 2.75) is 38.1 Å². The van der Waals surface area contributed by atoms with Gasteiger partial charge < -0.3 is 5.32 Å². The number of hydrogen-bond donors (Lipinski definition) is 2. The maximum absolute atomic E-state index is 12.6. The number of carbonyl (C=O) groups excluding carboxylic acids is 3. The zero-order valence-corrected chi connectivity index (χ0v) is 15.2. The molecule has 0 bridgehead atoms. The first kappa shape index (κ1) is 18.8. The molecule has 1 aliphatic heterocycles. The molecule has 3 amide bonds. The minimum atomic E-state index is -0.297. The summed E-state index contributed by atoms with van der Waals surface area (Å²) >= 11 is 0. The van der Waals surface area contributed by atoms with Gasteiger partial charge in [-0.2, -0.15) is 0 Å². The second kappa shape index (κ2) is 9.12. The smallest absolute Gasteiger partial charge is 0.226 e. The highest BCUT2D eigenvalue weighted by atomic mass is 16.2. The number of piperidine rings is 1.